The molecular weight excluding hydrogens is 242 g/mol. The van der Waals surface area contributed by atoms with Gasteiger partial charge in [-0.1, -0.05) is 13.0 Å². The van der Waals surface area contributed by atoms with Gasteiger partial charge in [-0.05, 0) is 37.4 Å². The van der Waals surface area contributed by atoms with E-state index >= 15 is 0 Å². The molecule has 1 saturated carbocycles. The average Bonchev–Trinajstić information content (AvgIpc) is 3.29. The van der Waals surface area contributed by atoms with Crippen LogP contribution < -0.4 is 14.8 Å². The van der Waals surface area contributed by atoms with E-state index in [1.807, 2.05) is 24.3 Å². The van der Waals surface area contributed by atoms with Crippen molar-refractivity contribution in [2.75, 3.05) is 26.9 Å². The van der Waals surface area contributed by atoms with Crippen LogP contribution in [-0.2, 0) is 0 Å². The number of ether oxygens (including phenoxy) is 2. The summed E-state index contributed by atoms with van der Waals surface area (Å²) in [5.74, 6) is 2.07. The predicted molar refractivity (Wildman–Crippen MR) is 74.7 cm³/mol. The first kappa shape index (κ1) is 14.2. The van der Waals surface area contributed by atoms with E-state index in [2.05, 4.69) is 12.2 Å². The number of methoxy groups -OCH3 is 1. The summed E-state index contributed by atoms with van der Waals surface area (Å²) in [6.45, 7) is 3.47. The normalized spacial score (nSPS) is 17.8. The van der Waals surface area contributed by atoms with E-state index in [9.17, 15) is 5.11 Å². The molecule has 1 unspecified atom stereocenters. The maximum atomic E-state index is 9.73. The molecule has 0 amide bonds. The van der Waals surface area contributed by atoms with Crippen molar-refractivity contribution in [1.82, 2.24) is 5.32 Å². The number of aliphatic hydroxyl groups is 1. The summed E-state index contributed by atoms with van der Waals surface area (Å²) >= 11 is 0. The first-order valence-corrected chi connectivity index (χ1v) is 6.87. The van der Waals surface area contributed by atoms with E-state index in [4.69, 9.17) is 9.47 Å². The fourth-order valence-electron chi connectivity index (χ4n) is 2.43. The number of aliphatic hydroxyl groups excluding tert-OH is 1. The van der Waals surface area contributed by atoms with Crippen LogP contribution in [0.25, 0.3) is 0 Å². The quantitative estimate of drug-likeness (QED) is 0.753. The second-order valence-corrected chi connectivity index (χ2v) is 5.09. The van der Waals surface area contributed by atoms with Crippen molar-refractivity contribution in [3.63, 3.8) is 0 Å². The predicted octanol–water partition coefficient (Wildman–Crippen LogP) is 1.82. The van der Waals surface area contributed by atoms with Crippen molar-refractivity contribution in [2.45, 2.75) is 25.3 Å². The molecule has 1 atom stereocenters. The van der Waals surface area contributed by atoms with E-state index in [0.717, 1.165) is 30.9 Å². The van der Waals surface area contributed by atoms with Gasteiger partial charge in [0.25, 0.3) is 0 Å². The smallest absolute Gasteiger partial charge is 0.123 e. The lowest BCUT2D eigenvalue weighted by molar-refractivity contribution is 0.0863. The molecule has 1 aliphatic carbocycles. The van der Waals surface area contributed by atoms with Crippen molar-refractivity contribution in [3.05, 3.63) is 24.3 Å². The molecule has 106 valence electrons. The number of likely N-dealkylation sites (N-methyl/N-ethyl adjacent to an activating group) is 1. The first-order chi connectivity index (χ1) is 9.24. The topological polar surface area (TPSA) is 50.7 Å². The molecule has 0 heterocycles. The maximum Gasteiger partial charge on any atom is 0.123 e. The van der Waals surface area contributed by atoms with Crippen LogP contribution in [0.3, 0.4) is 0 Å². The Bertz CT molecular complexity index is 406. The largest absolute Gasteiger partial charge is 0.497 e. The number of rotatable bonds is 8. The monoisotopic (exact) mass is 265 g/mol. The van der Waals surface area contributed by atoms with Gasteiger partial charge in [0.1, 0.15) is 18.1 Å². The number of hydrogen-bond donors (Lipinski definition) is 2. The highest BCUT2D eigenvalue weighted by Crippen LogP contribution is 2.40. The van der Waals surface area contributed by atoms with Gasteiger partial charge in [-0.25, -0.2) is 0 Å². The van der Waals surface area contributed by atoms with E-state index in [-0.39, 0.29) is 12.1 Å². The Morgan fingerprint density at radius 2 is 2.11 bits per heavy atom. The fourth-order valence-corrected chi connectivity index (χ4v) is 2.43. The van der Waals surface area contributed by atoms with Gasteiger partial charge in [0, 0.05) is 6.07 Å². The summed E-state index contributed by atoms with van der Waals surface area (Å²) < 4.78 is 11.0. The molecule has 0 aliphatic heterocycles. The van der Waals surface area contributed by atoms with Crippen LogP contribution in [0.5, 0.6) is 11.5 Å². The van der Waals surface area contributed by atoms with Gasteiger partial charge in [-0.2, -0.15) is 0 Å². The molecule has 4 nitrogen and oxygen atoms in total. The van der Waals surface area contributed by atoms with Gasteiger partial charge >= 0.3 is 0 Å². The lowest BCUT2D eigenvalue weighted by Gasteiger charge is -2.32. The SMILES string of the molecule is CCNC(CO)(COc1cccc(OC)c1)C1CC1. The molecule has 2 rings (SSSR count). The number of benzene rings is 1. The number of nitrogens with one attached hydrogen (secondary N) is 1. The Balaban J connectivity index is 2.01. The highest BCUT2D eigenvalue weighted by Gasteiger charge is 2.45. The molecule has 2 N–H and O–H groups in total. The third-order valence-corrected chi connectivity index (χ3v) is 3.71. The fraction of sp³-hybridized carbons (Fsp3) is 0.600. The van der Waals surface area contributed by atoms with E-state index in [0.29, 0.717) is 12.5 Å². The molecular formula is C15H23NO3. The Morgan fingerprint density at radius 3 is 2.68 bits per heavy atom. The minimum Gasteiger partial charge on any atom is -0.497 e. The van der Waals surface area contributed by atoms with Crippen LogP contribution in [0.1, 0.15) is 19.8 Å². The van der Waals surface area contributed by atoms with Crippen LogP contribution in [-0.4, -0.2) is 37.5 Å². The van der Waals surface area contributed by atoms with Crippen molar-refractivity contribution in [1.29, 1.82) is 0 Å². The third-order valence-electron chi connectivity index (χ3n) is 3.71. The average molecular weight is 265 g/mol. The highest BCUT2D eigenvalue weighted by molar-refractivity contribution is 5.33. The summed E-state index contributed by atoms with van der Waals surface area (Å²) in [6, 6.07) is 7.56. The van der Waals surface area contributed by atoms with Crippen LogP contribution in [0.2, 0.25) is 0 Å². The molecule has 0 radical (unpaired) electrons. The highest BCUT2D eigenvalue weighted by atomic mass is 16.5. The summed E-state index contributed by atoms with van der Waals surface area (Å²) in [4.78, 5) is 0. The molecule has 0 spiro atoms. The maximum absolute atomic E-state index is 9.73. The van der Waals surface area contributed by atoms with E-state index in [1.165, 1.54) is 0 Å². The molecule has 1 aromatic carbocycles. The molecule has 0 saturated heterocycles. The van der Waals surface area contributed by atoms with Crippen LogP contribution in [0.4, 0.5) is 0 Å². The van der Waals surface area contributed by atoms with E-state index < -0.39 is 0 Å². The Labute approximate surface area is 114 Å². The van der Waals surface area contributed by atoms with Crippen molar-refractivity contribution in [2.24, 2.45) is 5.92 Å². The van der Waals surface area contributed by atoms with Crippen LogP contribution in [0.15, 0.2) is 24.3 Å². The molecule has 1 aliphatic rings. The molecule has 0 aromatic heterocycles. The van der Waals surface area contributed by atoms with Gasteiger partial charge < -0.3 is 19.9 Å². The zero-order chi connectivity index (χ0) is 13.7. The van der Waals surface area contributed by atoms with Crippen molar-refractivity contribution < 1.29 is 14.6 Å². The van der Waals surface area contributed by atoms with Gasteiger partial charge in [0.2, 0.25) is 0 Å². The Hall–Kier alpha value is -1.26. The standard InChI is InChI=1S/C15H23NO3/c1-3-16-15(10-17,12-7-8-12)11-19-14-6-4-5-13(9-14)18-2/h4-6,9,12,16-17H,3,7-8,10-11H2,1-2H3. The van der Waals surface area contributed by atoms with Gasteiger partial charge in [0.15, 0.2) is 0 Å². The van der Waals surface area contributed by atoms with Gasteiger partial charge in [-0.15, -0.1) is 0 Å². The molecule has 0 bridgehead atoms. The van der Waals surface area contributed by atoms with Crippen molar-refractivity contribution in [3.8, 4) is 11.5 Å². The molecule has 1 aromatic rings. The summed E-state index contributed by atoms with van der Waals surface area (Å²) in [5, 5.41) is 13.1. The lowest BCUT2D eigenvalue weighted by Crippen LogP contribution is -2.55. The Morgan fingerprint density at radius 1 is 1.37 bits per heavy atom. The zero-order valence-corrected chi connectivity index (χ0v) is 11.7. The Kier molecular flexibility index (Phi) is 4.66. The minimum absolute atomic E-state index is 0.107. The molecule has 4 heteroatoms. The minimum atomic E-state index is -0.308. The summed E-state index contributed by atoms with van der Waals surface area (Å²) in [5.41, 5.74) is -0.308. The van der Waals surface area contributed by atoms with E-state index in [1.54, 1.807) is 7.11 Å². The summed E-state index contributed by atoms with van der Waals surface area (Å²) in [7, 11) is 1.64. The first-order valence-electron chi connectivity index (χ1n) is 6.87. The number of hydrogen-bond acceptors (Lipinski definition) is 4. The second kappa shape index (κ2) is 6.26. The third kappa shape index (κ3) is 3.39. The van der Waals surface area contributed by atoms with Gasteiger partial charge in [0.05, 0.1) is 19.3 Å². The van der Waals surface area contributed by atoms with Crippen LogP contribution >= 0.6 is 0 Å². The molecule has 1 fully saturated rings. The van der Waals surface area contributed by atoms with Crippen molar-refractivity contribution >= 4 is 0 Å². The summed E-state index contributed by atoms with van der Waals surface area (Å²) in [6.07, 6.45) is 2.32. The zero-order valence-electron chi connectivity index (χ0n) is 11.7. The van der Waals surface area contributed by atoms with Gasteiger partial charge in [-0.3, -0.25) is 0 Å². The molecule has 19 heavy (non-hydrogen) atoms. The second-order valence-electron chi connectivity index (χ2n) is 5.09. The lowest BCUT2D eigenvalue weighted by atomic mass is 9.95. The van der Waals surface area contributed by atoms with Crippen LogP contribution in [0, 0.1) is 5.92 Å².